The maximum Gasteiger partial charge on any atom is 0.0314 e. The van der Waals surface area contributed by atoms with Gasteiger partial charge in [0.1, 0.15) is 0 Å². The molecular formula is C39H38N4. The van der Waals surface area contributed by atoms with E-state index >= 15 is 0 Å². The molecule has 0 aromatic heterocycles. The van der Waals surface area contributed by atoms with Gasteiger partial charge in [0, 0.05) is 40.5 Å². The number of nitrogen functional groups attached to an aromatic ring is 2. The first-order valence-electron chi connectivity index (χ1n) is 15.2. The lowest BCUT2D eigenvalue weighted by Crippen LogP contribution is -2.15. The molecule has 5 atom stereocenters. The van der Waals surface area contributed by atoms with Gasteiger partial charge in [-0.25, -0.2) is 0 Å². The molecule has 0 aliphatic heterocycles. The standard InChI is InChI=1S/C39H38N4/c40-31-15-9-27(10-16-31)38(28-11-17-32(41)18-12-28)26-5-1-24(2-6-26)25-3-7-29(8-4-25)39(30-13-19-33(42)20-14-30)34-21-22-37(43)36-23-35(34)36/h1-11,13-22,28,35-36,38-39H,12,23,40-43H2/t28-,35?,36?,38+,39?/m0/s1. The minimum Gasteiger partial charge on any atom is -0.402 e. The molecular weight excluding hydrogens is 524 g/mol. The highest BCUT2D eigenvalue weighted by Gasteiger charge is 2.45. The Hall–Kier alpha value is -4.96. The number of allylic oxidation sites excluding steroid dienone is 7. The zero-order chi connectivity index (χ0) is 29.5. The Bertz CT molecular complexity index is 1740. The summed E-state index contributed by atoms with van der Waals surface area (Å²) < 4.78 is 0. The first kappa shape index (κ1) is 26.9. The van der Waals surface area contributed by atoms with Crippen LogP contribution in [0.25, 0.3) is 11.1 Å². The van der Waals surface area contributed by atoms with Crippen molar-refractivity contribution in [1.82, 2.24) is 0 Å². The minimum absolute atomic E-state index is 0.184. The summed E-state index contributed by atoms with van der Waals surface area (Å²) in [6, 6.07) is 34.7. The topological polar surface area (TPSA) is 104 Å². The molecule has 4 aromatic carbocycles. The molecule has 3 aliphatic rings. The molecule has 3 aliphatic carbocycles. The molecule has 8 N–H and O–H groups in total. The molecule has 4 heteroatoms. The highest BCUT2D eigenvalue weighted by molar-refractivity contribution is 5.65. The van der Waals surface area contributed by atoms with Crippen LogP contribution in [0.4, 0.5) is 11.4 Å². The van der Waals surface area contributed by atoms with Crippen LogP contribution in [0.15, 0.2) is 144 Å². The van der Waals surface area contributed by atoms with Gasteiger partial charge < -0.3 is 22.9 Å². The molecule has 0 heterocycles. The molecule has 1 fully saturated rings. The second-order valence-electron chi connectivity index (χ2n) is 12.2. The first-order valence-corrected chi connectivity index (χ1v) is 15.2. The largest absolute Gasteiger partial charge is 0.402 e. The number of fused-ring (bicyclic) bond motifs is 1. The van der Waals surface area contributed by atoms with E-state index in [1.165, 1.54) is 39.0 Å². The average molecular weight is 563 g/mol. The van der Waals surface area contributed by atoms with Crippen LogP contribution in [-0.4, -0.2) is 0 Å². The van der Waals surface area contributed by atoms with E-state index in [0.29, 0.717) is 17.8 Å². The summed E-state index contributed by atoms with van der Waals surface area (Å²) in [6.45, 7) is 0. The van der Waals surface area contributed by atoms with Gasteiger partial charge in [0.15, 0.2) is 0 Å². The van der Waals surface area contributed by atoms with E-state index in [0.717, 1.165) is 35.6 Å². The fraction of sp³-hybridized carbons (Fsp3) is 0.179. The van der Waals surface area contributed by atoms with Crippen molar-refractivity contribution in [3.63, 3.8) is 0 Å². The van der Waals surface area contributed by atoms with Crippen LogP contribution in [0.2, 0.25) is 0 Å². The van der Waals surface area contributed by atoms with Gasteiger partial charge in [-0.05, 0) is 94.5 Å². The molecule has 4 aromatic rings. The third kappa shape index (κ3) is 5.37. The van der Waals surface area contributed by atoms with Gasteiger partial charge >= 0.3 is 0 Å². The third-order valence-corrected chi connectivity index (χ3v) is 9.45. The lowest BCUT2D eigenvalue weighted by molar-refractivity contribution is 0.570. The van der Waals surface area contributed by atoms with Gasteiger partial charge in [0.25, 0.3) is 0 Å². The molecule has 0 radical (unpaired) electrons. The average Bonchev–Trinajstić information content (AvgIpc) is 3.84. The summed E-state index contributed by atoms with van der Waals surface area (Å²) in [5, 5.41) is 0. The van der Waals surface area contributed by atoms with Gasteiger partial charge in [-0.15, -0.1) is 0 Å². The zero-order valence-corrected chi connectivity index (χ0v) is 24.2. The summed E-state index contributed by atoms with van der Waals surface area (Å²) in [5.74, 6) is 1.75. The Balaban J connectivity index is 1.18. The highest BCUT2D eigenvalue weighted by atomic mass is 14.7. The number of hydrogen-bond acceptors (Lipinski definition) is 4. The van der Waals surface area contributed by atoms with Gasteiger partial charge in [0.2, 0.25) is 0 Å². The van der Waals surface area contributed by atoms with Crippen molar-refractivity contribution in [3.8, 4) is 11.1 Å². The second kappa shape index (κ2) is 11.0. The molecule has 7 rings (SSSR count). The predicted molar refractivity (Wildman–Crippen MR) is 179 cm³/mol. The predicted octanol–water partition coefficient (Wildman–Crippen LogP) is 7.62. The van der Waals surface area contributed by atoms with Crippen LogP contribution in [-0.2, 0) is 0 Å². The molecule has 4 nitrogen and oxygen atoms in total. The zero-order valence-electron chi connectivity index (χ0n) is 24.2. The van der Waals surface area contributed by atoms with E-state index in [2.05, 4.69) is 97.1 Å². The van der Waals surface area contributed by atoms with Gasteiger partial charge in [-0.2, -0.15) is 0 Å². The van der Waals surface area contributed by atoms with Crippen LogP contribution in [0.5, 0.6) is 0 Å². The Kier molecular flexibility index (Phi) is 6.90. The molecule has 1 saturated carbocycles. The smallest absolute Gasteiger partial charge is 0.0314 e. The number of anilines is 2. The number of benzene rings is 4. The number of rotatable bonds is 7. The molecule has 0 bridgehead atoms. The molecule has 43 heavy (non-hydrogen) atoms. The molecule has 3 unspecified atom stereocenters. The summed E-state index contributed by atoms with van der Waals surface area (Å²) in [5.41, 5.74) is 36.7. The summed E-state index contributed by atoms with van der Waals surface area (Å²) >= 11 is 0. The van der Waals surface area contributed by atoms with Crippen molar-refractivity contribution < 1.29 is 0 Å². The minimum atomic E-state index is 0.184. The van der Waals surface area contributed by atoms with Crippen molar-refractivity contribution in [2.45, 2.75) is 24.7 Å². The van der Waals surface area contributed by atoms with Crippen molar-refractivity contribution in [1.29, 1.82) is 0 Å². The number of hydrogen-bond donors (Lipinski definition) is 4. The first-order chi connectivity index (χ1) is 20.9. The van der Waals surface area contributed by atoms with Crippen molar-refractivity contribution >= 4 is 11.4 Å². The van der Waals surface area contributed by atoms with Gasteiger partial charge in [-0.3, -0.25) is 0 Å². The summed E-state index contributed by atoms with van der Waals surface area (Å²) in [6.07, 6.45) is 12.8. The van der Waals surface area contributed by atoms with Crippen molar-refractivity contribution in [3.05, 3.63) is 167 Å². The lowest BCUT2D eigenvalue weighted by Gasteiger charge is -2.27. The maximum atomic E-state index is 6.26. The fourth-order valence-corrected chi connectivity index (χ4v) is 6.99. The summed E-state index contributed by atoms with van der Waals surface area (Å²) in [7, 11) is 0. The van der Waals surface area contributed by atoms with E-state index in [4.69, 9.17) is 22.9 Å². The maximum absolute atomic E-state index is 6.26. The van der Waals surface area contributed by atoms with E-state index in [-0.39, 0.29) is 11.8 Å². The van der Waals surface area contributed by atoms with Crippen molar-refractivity contribution in [2.24, 2.45) is 29.2 Å². The SMILES string of the molecule is NC1=CC[C@@H]([C@@H](c2ccc(N)cc2)c2ccc(-c3ccc(C(C4=CC=C(N)C5CC45)c4ccc(N)cc4)cc3)cc2)C=C1. The molecule has 0 amide bonds. The Labute approximate surface area is 254 Å². The lowest BCUT2D eigenvalue weighted by atomic mass is 9.77. The van der Waals surface area contributed by atoms with Crippen LogP contribution < -0.4 is 22.9 Å². The molecule has 0 spiro atoms. The van der Waals surface area contributed by atoms with Crippen LogP contribution >= 0.6 is 0 Å². The van der Waals surface area contributed by atoms with Gasteiger partial charge in [-0.1, -0.05) is 96.6 Å². The third-order valence-electron chi connectivity index (χ3n) is 9.45. The van der Waals surface area contributed by atoms with E-state index < -0.39 is 0 Å². The van der Waals surface area contributed by atoms with E-state index in [1.54, 1.807) is 0 Å². The Morgan fingerprint density at radius 2 is 1.07 bits per heavy atom. The van der Waals surface area contributed by atoms with Gasteiger partial charge in [0.05, 0.1) is 0 Å². The highest BCUT2D eigenvalue weighted by Crippen LogP contribution is 2.55. The van der Waals surface area contributed by atoms with Crippen LogP contribution in [0.1, 0.15) is 46.9 Å². The normalized spacial score (nSPS) is 22.0. The van der Waals surface area contributed by atoms with E-state index in [9.17, 15) is 0 Å². The molecule has 0 saturated heterocycles. The number of nitrogens with two attached hydrogens (primary N) is 4. The molecule has 214 valence electrons. The van der Waals surface area contributed by atoms with Crippen LogP contribution in [0.3, 0.4) is 0 Å². The second-order valence-corrected chi connectivity index (χ2v) is 12.2. The van der Waals surface area contributed by atoms with E-state index in [1.807, 2.05) is 30.3 Å². The fourth-order valence-electron chi connectivity index (χ4n) is 6.99. The monoisotopic (exact) mass is 562 g/mol. The Morgan fingerprint density at radius 3 is 1.60 bits per heavy atom. The van der Waals surface area contributed by atoms with Crippen molar-refractivity contribution in [2.75, 3.05) is 11.5 Å². The summed E-state index contributed by atoms with van der Waals surface area (Å²) in [4.78, 5) is 0. The van der Waals surface area contributed by atoms with Crippen LogP contribution in [0, 0.1) is 17.8 Å². The Morgan fingerprint density at radius 1 is 0.558 bits per heavy atom. The quantitative estimate of drug-likeness (QED) is 0.174.